The monoisotopic (exact) mass is 228 g/mol. The first kappa shape index (κ1) is 11.6. The second-order valence-electron chi connectivity index (χ2n) is 4.79. The third kappa shape index (κ3) is 2.30. The molecule has 0 fully saturated rings. The first-order chi connectivity index (χ1) is 8.00. The molecule has 0 atom stereocenters. The number of rotatable bonds is 2. The van der Waals surface area contributed by atoms with Crippen molar-refractivity contribution < 1.29 is 0 Å². The molecule has 0 radical (unpaired) electrons. The molecule has 0 saturated heterocycles. The molecule has 0 aliphatic heterocycles. The summed E-state index contributed by atoms with van der Waals surface area (Å²) >= 11 is 0. The van der Waals surface area contributed by atoms with E-state index in [9.17, 15) is 0 Å². The fourth-order valence-electron chi connectivity index (χ4n) is 1.53. The maximum Gasteiger partial charge on any atom is 0.141 e. The maximum absolute atomic E-state index is 4.36. The summed E-state index contributed by atoms with van der Waals surface area (Å²) in [5, 5.41) is 0. The molecule has 2 rings (SSSR count). The number of hydrogen-bond donors (Lipinski definition) is 0. The second kappa shape index (κ2) is 4.20. The van der Waals surface area contributed by atoms with Crippen LogP contribution in [0.1, 0.15) is 36.6 Å². The van der Waals surface area contributed by atoms with Crippen molar-refractivity contribution in [3.63, 3.8) is 0 Å². The predicted octanol–water partition coefficient (Wildman–Crippen LogP) is 2.21. The van der Waals surface area contributed by atoms with Crippen LogP contribution < -0.4 is 0 Å². The van der Waals surface area contributed by atoms with Crippen LogP contribution in [0.4, 0.5) is 0 Å². The topological polar surface area (TPSA) is 51.6 Å². The summed E-state index contributed by atoms with van der Waals surface area (Å²) < 4.78 is 0. The molecule has 0 unspecified atom stereocenters. The Balaban J connectivity index is 2.41. The predicted molar refractivity (Wildman–Crippen MR) is 65.7 cm³/mol. The van der Waals surface area contributed by atoms with E-state index in [-0.39, 0.29) is 5.41 Å². The van der Waals surface area contributed by atoms with Crippen molar-refractivity contribution in [2.75, 3.05) is 0 Å². The van der Waals surface area contributed by atoms with Gasteiger partial charge in [-0.25, -0.2) is 19.9 Å². The van der Waals surface area contributed by atoms with Crippen molar-refractivity contribution in [1.82, 2.24) is 19.9 Å². The Morgan fingerprint density at radius 2 is 1.00 bits per heavy atom. The summed E-state index contributed by atoms with van der Waals surface area (Å²) in [4.78, 5) is 17.4. The minimum Gasteiger partial charge on any atom is -0.240 e. The minimum absolute atomic E-state index is 0.374. The third-order valence-corrected chi connectivity index (χ3v) is 2.68. The fraction of sp³-hybridized carbons (Fsp3) is 0.385. The molecule has 4 nitrogen and oxygen atoms in total. The lowest BCUT2D eigenvalue weighted by Gasteiger charge is -2.20. The van der Waals surface area contributed by atoms with Crippen LogP contribution >= 0.6 is 0 Å². The zero-order valence-corrected chi connectivity index (χ0v) is 10.6. The first-order valence-electron chi connectivity index (χ1n) is 5.58. The minimum atomic E-state index is -0.374. The van der Waals surface area contributed by atoms with Crippen LogP contribution in [-0.2, 0) is 5.41 Å². The summed E-state index contributed by atoms with van der Waals surface area (Å²) in [6.45, 7) is 8.00. The zero-order valence-electron chi connectivity index (χ0n) is 10.6. The van der Waals surface area contributed by atoms with Gasteiger partial charge in [-0.3, -0.25) is 0 Å². The molecule has 2 aromatic heterocycles. The molecule has 0 aliphatic carbocycles. The van der Waals surface area contributed by atoms with E-state index in [1.807, 2.05) is 52.5 Å². The summed E-state index contributed by atoms with van der Waals surface area (Å²) in [7, 11) is 0. The van der Waals surface area contributed by atoms with Crippen LogP contribution in [0.3, 0.4) is 0 Å². The average molecular weight is 228 g/mol. The summed E-state index contributed by atoms with van der Waals surface area (Å²) in [6, 6.07) is 0. The lowest BCUT2D eigenvalue weighted by atomic mass is 9.91. The van der Waals surface area contributed by atoms with Gasteiger partial charge < -0.3 is 0 Å². The van der Waals surface area contributed by atoms with Gasteiger partial charge in [0.15, 0.2) is 0 Å². The van der Waals surface area contributed by atoms with Crippen LogP contribution in [0.2, 0.25) is 0 Å². The second-order valence-corrected chi connectivity index (χ2v) is 4.79. The van der Waals surface area contributed by atoms with Crippen LogP contribution in [0.25, 0.3) is 0 Å². The summed E-state index contributed by atoms with van der Waals surface area (Å²) in [5.41, 5.74) is 1.73. The molecule has 2 heterocycles. The lowest BCUT2D eigenvalue weighted by molar-refractivity contribution is 0.547. The highest BCUT2D eigenvalue weighted by Gasteiger charge is 2.29. The Labute approximate surface area is 101 Å². The standard InChI is InChI=1S/C13H16N4/c1-9-5-14-11(15-6-9)13(3,4)12-16-7-10(2)8-17-12/h5-8H,1-4H3. The highest BCUT2D eigenvalue weighted by molar-refractivity contribution is 5.20. The highest BCUT2D eigenvalue weighted by Crippen LogP contribution is 2.25. The summed E-state index contributed by atoms with van der Waals surface area (Å²) in [5.74, 6) is 1.49. The SMILES string of the molecule is Cc1cnc(C(C)(C)c2ncc(C)cn2)nc1. The van der Waals surface area contributed by atoms with E-state index in [1.165, 1.54) is 0 Å². The van der Waals surface area contributed by atoms with Gasteiger partial charge in [0.2, 0.25) is 0 Å². The molecule has 88 valence electrons. The van der Waals surface area contributed by atoms with E-state index in [1.54, 1.807) is 0 Å². The van der Waals surface area contributed by atoms with Gasteiger partial charge in [0, 0.05) is 24.8 Å². The first-order valence-corrected chi connectivity index (χ1v) is 5.58. The van der Waals surface area contributed by atoms with Gasteiger partial charge in [0.1, 0.15) is 11.6 Å². The molecular formula is C13H16N4. The molecule has 0 aromatic carbocycles. The molecule has 2 aromatic rings. The molecule has 0 aliphatic rings. The molecule has 0 saturated carbocycles. The van der Waals surface area contributed by atoms with Gasteiger partial charge in [-0.05, 0) is 38.8 Å². The van der Waals surface area contributed by atoms with Crippen molar-refractivity contribution >= 4 is 0 Å². The lowest BCUT2D eigenvalue weighted by Crippen LogP contribution is -2.25. The van der Waals surface area contributed by atoms with E-state index in [0.717, 1.165) is 22.8 Å². The molecular weight excluding hydrogens is 212 g/mol. The third-order valence-electron chi connectivity index (χ3n) is 2.68. The van der Waals surface area contributed by atoms with Gasteiger partial charge in [0.25, 0.3) is 0 Å². The number of aromatic nitrogens is 4. The normalized spacial score (nSPS) is 11.5. The van der Waals surface area contributed by atoms with Crippen LogP contribution in [0.15, 0.2) is 24.8 Å². The highest BCUT2D eigenvalue weighted by atomic mass is 14.9. The average Bonchev–Trinajstić information content (AvgIpc) is 2.30. The largest absolute Gasteiger partial charge is 0.240 e. The molecule has 17 heavy (non-hydrogen) atoms. The molecule has 4 heteroatoms. The maximum atomic E-state index is 4.36. The van der Waals surface area contributed by atoms with E-state index < -0.39 is 0 Å². The Bertz CT molecular complexity index is 452. The quantitative estimate of drug-likeness (QED) is 0.790. The van der Waals surface area contributed by atoms with E-state index in [0.29, 0.717) is 0 Å². The Morgan fingerprint density at radius 3 is 1.29 bits per heavy atom. The Kier molecular flexibility index (Phi) is 2.88. The van der Waals surface area contributed by atoms with E-state index in [2.05, 4.69) is 19.9 Å². The van der Waals surface area contributed by atoms with Gasteiger partial charge in [-0.1, -0.05) is 0 Å². The van der Waals surface area contributed by atoms with Gasteiger partial charge in [-0.15, -0.1) is 0 Å². The molecule has 0 N–H and O–H groups in total. The molecule has 0 spiro atoms. The zero-order chi connectivity index (χ0) is 12.5. The Morgan fingerprint density at radius 1 is 0.706 bits per heavy atom. The number of hydrogen-bond acceptors (Lipinski definition) is 4. The van der Waals surface area contributed by atoms with E-state index in [4.69, 9.17) is 0 Å². The Hall–Kier alpha value is -1.84. The van der Waals surface area contributed by atoms with Gasteiger partial charge in [-0.2, -0.15) is 0 Å². The van der Waals surface area contributed by atoms with Crippen LogP contribution in [0.5, 0.6) is 0 Å². The van der Waals surface area contributed by atoms with Crippen LogP contribution in [-0.4, -0.2) is 19.9 Å². The molecule has 0 amide bonds. The van der Waals surface area contributed by atoms with Crippen molar-refractivity contribution in [2.45, 2.75) is 33.1 Å². The van der Waals surface area contributed by atoms with E-state index >= 15 is 0 Å². The van der Waals surface area contributed by atoms with Crippen molar-refractivity contribution in [2.24, 2.45) is 0 Å². The van der Waals surface area contributed by atoms with Gasteiger partial charge in [0.05, 0.1) is 5.41 Å². The number of nitrogens with zero attached hydrogens (tertiary/aromatic N) is 4. The fourth-order valence-corrected chi connectivity index (χ4v) is 1.53. The van der Waals surface area contributed by atoms with Crippen molar-refractivity contribution in [1.29, 1.82) is 0 Å². The van der Waals surface area contributed by atoms with Crippen molar-refractivity contribution in [3.8, 4) is 0 Å². The number of aryl methyl sites for hydroxylation is 2. The van der Waals surface area contributed by atoms with Crippen LogP contribution in [0, 0.1) is 13.8 Å². The molecule has 0 bridgehead atoms. The van der Waals surface area contributed by atoms with Crippen molar-refractivity contribution in [3.05, 3.63) is 47.6 Å². The summed E-state index contributed by atoms with van der Waals surface area (Å²) in [6.07, 6.45) is 7.27. The smallest absolute Gasteiger partial charge is 0.141 e. The van der Waals surface area contributed by atoms with Gasteiger partial charge >= 0.3 is 0 Å².